The Bertz CT molecular complexity index is 553. The third-order valence-corrected chi connectivity index (χ3v) is 6.79. The van der Waals surface area contributed by atoms with Crippen molar-refractivity contribution in [3.8, 4) is 0 Å². The number of hydrogen-bond acceptors (Lipinski definition) is 2. The van der Waals surface area contributed by atoms with Gasteiger partial charge in [0.2, 0.25) is 0 Å². The molecule has 2 N–H and O–H groups in total. The van der Waals surface area contributed by atoms with Crippen LogP contribution >= 0.6 is 0 Å². The van der Waals surface area contributed by atoms with Crippen LogP contribution in [0.4, 0.5) is 0 Å². The zero-order chi connectivity index (χ0) is 18.8. The van der Waals surface area contributed by atoms with Gasteiger partial charge in [-0.25, -0.2) is 0 Å². The first-order chi connectivity index (χ1) is 11.6. The lowest BCUT2D eigenvalue weighted by atomic mass is 9.58. The van der Waals surface area contributed by atoms with Crippen LogP contribution in [0.15, 0.2) is 24.3 Å². The molecule has 0 bridgehead atoms. The third kappa shape index (κ3) is 4.28. The molecule has 2 heteroatoms. The first kappa shape index (κ1) is 20.5. The van der Waals surface area contributed by atoms with Crippen LogP contribution in [0.3, 0.4) is 0 Å². The number of rotatable bonds is 6. The van der Waals surface area contributed by atoms with Crippen LogP contribution < -0.4 is 0 Å². The van der Waals surface area contributed by atoms with E-state index in [0.29, 0.717) is 5.92 Å². The lowest BCUT2D eigenvalue weighted by Gasteiger charge is -2.52. The van der Waals surface area contributed by atoms with Crippen LogP contribution in [0.25, 0.3) is 0 Å². The van der Waals surface area contributed by atoms with Crippen LogP contribution in [0.2, 0.25) is 0 Å². The molecule has 2 unspecified atom stereocenters. The van der Waals surface area contributed by atoms with E-state index in [1.54, 1.807) is 6.92 Å². The highest BCUT2D eigenvalue weighted by atomic mass is 16.3. The van der Waals surface area contributed by atoms with Gasteiger partial charge in [0.15, 0.2) is 0 Å². The average molecular weight is 347 g/mol. The summed E-state index contributed by atoms with van der Waals surface area (Å²) in [5.41, 5.74) is 1.04. The SMILES string of the molecule is Cc1cccc(CC(C)(C)C(O)(C(C)O)C2CCC(C(C)C)CC2)c1. The van der Waals surface area contributed by atoms with Crippen LogP contribution in [0.1, 0.15) is 71.4 Å². The van der Waals surface area contributed by atoms with Gasteiger partial charge in [0.05, 0.1) is 11.7 Å². The number of benzene rings is 1. The van der Waals surface area contributed by atoms with Gasteiger partial charge in [0.25, 0.3) is 0 Å². The van der Waals surface area contributed by atoms with Gasteiger partial charge >= 0.3 is 0 Å². The molecule has 142 valence electrons. The molecule has 0 amide bonds. The van der Waals surface area contributed by atoms with E-state index in [-0.39, 0.29) is 11.3 Å². The van der Waals surface area contributed by atoms with Gasteiger partial charge in [-0.2, -0.15) is 0 Å². The van der Waals surface area contributed by atoms with Gasteiger partial charge in [0.1, 0.15) is 0 Å². The van der Waals surface area contributed by atoms with Gasteiger partial charge in [-0.3, -0.25) is 0 Å². The topological polar surface area (TPSA) is 40.5 Å². The fourth-order valence-corrected chi connectivity index (χ4v) is 5.16. The maximum atomic E-state index is 11.7. The second-order valence-corrected chi connectivity index (χ2v) is 9.41. The molecule has 0 aromatic heterocycles. The van der Waals surface area contributed by atoms with Crippen molar-refractivity contribution >= 4 is 0 Å². The molecule has 25 heavy (non-hydrogen) atoms. The van der Waals surface area contributed by atoms with E-state index in [1.165, 1.54) is 11.1 Å². The molecule has 0 aliphatic heterocycles. The van der Waals surface area contributed by atoms with Gasteiger partial charge < -0.3 is 10.2 Å². The summed E-state index contributed by atoms with van der Waals surface area (Å²) in [5, 5.41) is 22.4. The molecular formula is C23H38O2. The quantitative estimate of drug-likeness (QED) is 0.749. The fraction of sp³-hybridized carbons (Fsp3) is 0.739. The number of hydrogen-bond donors (Lipinski definition) is 2. The van der Waals surface area contributed by atoms with Crippen LogP contribution in [-0.2, 0) is 6.42 Å². The summed E-state index contributed by atoms with van der Waals surface area (Å²) in [6, 6.07) is 8.51. The van der Waals surface area contributed by atoms with E-state index < -0.39 is 11.7 Å². The monoisotopic (exact) mass is 346 g/mol. The second kappa shape index (κ2) is 7.80. The van der Waals surface area contributed by atoms with Gasteiger partial charge in [-0.15, -0.1) is 0 Å². The standard InChI is InChI=1S/C23H38O2/c1-16(2)20-10-12-21(13-11-20)23(25,18(4)24)22(5,6)15-19-9-7-8-17(3)14-19/h7-9,14,16,18,20-21,24-25H,10-13,15H2,1-6H3. The minimum absolute atomic E-state index is 0.169. The predicted octanol–water partition coefficient (Wildman–Crippen LogP) is 5.14. The zero-order valence-electron chi connectivity index (χ0n) is 17.0. The Morgan fingerprint density at radius 1 is 1.08 bits per heavy atom. The summed E-state index contributed by atoms with van der Waals surface area (Å²) in [6.07, 6.45) is 4.41. The van der Waals surface area contributed by atoms with Crippen molar-refractivity contribution in [2.24, 2.45) is 23.2 Å². The van der Waals surface area contributed by atoms with Crippen LogP contribution in [0.5, 0.6) is 0 Å². The lowest BCUT2D eigenvalue weighted by Crippen LogP contribution is -2.59. The predicted molar refractivity (Wildman–Crippen MR) is 106 cm³/mol. The summed E-state index contributed by atoms with van der Waals surface area (Å²) >= 11 is 0. The molecule has 2 nitrogen and oxygen atoms in total. The van der Waals surface area contributed by atoms with Crippen molar-refractivity contribution in [3.05, 3.63) is 35.4 Å². The molecule has 0 spiro atoms. The van der Waals surface area contributed by atoms with Crippen molar-refractivity contribution < 1.29 is 10.2 Å². The highest BCUT2D eigenvalue weighted by Crippen LogP contribution is 2.48. The highest BCUT2D eigenvalue weighted by molar-refractivity contribution is 5.24. The maximum Gasteiger partial charge on any atom is 0.0984 e. The Kier molecular flexibility index (Phi) is 6.38. The fourth-order valence-electron chi connectivity index (χ4n) is 5.16. The molecule has 1 aromatic carbocycles. The second-order valence-electron chi connectivity index (χ2n) is 9.41. The van der Waals surface area contributed by atoms with Crippen LogP contribution in [0, 0.1) is 30.1 Å². The summed E-state index contributed by atoms with van der Waals surface area (Å²) < 4.78 is 0. The molecule has 0 radical (unpaired) electrons. The van der Waals surface area contributed by atoms with Gasteiger partial charge in [0, 0.05) is 5.41 Å². The average Bonchev–Trinajstić information content (AvgIpc) is 2.53. The molecule has 2 atom stereocenters. The summed E-state index contributed by atoms with van der Waals surface area (Å²) in [7, 11) is 0. The normalized spacial score (nSPS) is 25.6. The Morgan fingerprint density at radius 3 is 2.16 bits per heavy atom. The molecular weight excluding hydrogens is 308 g/mol. The van der Waals surface area contributed by atoms with E-state index in [4.69, 9.17) is 0 Å². The zero-order valence-corrected chi connectivity index (χ0v) is 17.0. The Hall–Kier alpha value is -0.860. The van der Waals surface area contributed by atoms with Crippen molar-refractivity contribution in [3.63, 3.8) is 0 Å². The van der Waals surface area contributed by atoms with Crippen molar-refractivity contribution in [1.82, 2.24) is 0 Å². The van der Waals surface area contributed by atoms with Crippen LogP contribution in [-0.4, -0.2) is 21.9 Å². The van der Waals surface area contributed by atoms with E-state index in [0.717, 1.165) is 38.0 Å². The maximum absolute atomic E-state index is 11.7. The molecule has 1 aliphatic rings. The van der Waals surface area contributed by atoms with Crippen molar-refractivity contribution in [2.75, 3.05) is 0 Å². The first-order valence-electron chi connectivity index (χ1n) is 10.0. The lowest BCUT2D eigenvalue weighted by molar-refractivity contribution is -0.185. The van der Waals surface area contributed by atoms with Crippen molar-refractivity contribution in [1.29, 1.82) is 0 Å². The molecule has 1 aliphatic carbocycles. The van der Waals surface area contributed by atoms with Gasteiger partial charge in [-0.1, -0.05) is 57.5 Å². The first-order valence-corrected chi connectivity index (χ1v) is 10.0. The van der Waals surface area contributed by atoms with Gasteiger partial charge in [-0.05, 0) is 69.3 Å². The Balaban J connectivity index is 2.22. The largest absolute Gasteiger partial charge is 0.390 e. The minimum Gasteiger partial charge on any atom is -0.390 e. The molecule has 1 saturated carbocycles. The number of aliphatic hydroxyl groups is 2. The smallest absolute Gasteiger partial charge is 0.0984 e. The molecule has 1 aromatic rings. The number of aliphatic hydroxyl groups excluding tert-OH is 1. The van der Waals surface area contributed by atoms with E-state index in [2.05, 4.69) is 58.9 Å². The third-order valence-electron chi connectivity index (χ3n) is 6.79. The summed E-state index contributed by atoms with van der Waals surface area (Å²) in [5.74, 6) is 1.64. The highest BCUT2D eigenvalue weighted by Gasteiger charge is 2.52. The Morgan fingerprint density at radius 2 is 1.68 bits per heavy atom. The Labute approximate surface area is 154 Å². The van der Waals surface area contributed by atoms with E-state index in [9.17, 15) is 10.2 Å². The number of aryl methyl sites for hydroxylation is 1. The molecule has 1 fully saturated rings. The molecule has 0 heterocycles. The van der Waals surface area contributed by atoms with E-state index in [1.807, 2.05) is 0 Å². The van der Waals surface area contributed by atoms with Crippen molar-refractivity contribution in [2.45, 2.75) is 85.4 Å². The van der Waals surface area contributed by atoms with E-state index >= 15 is 0 Å². The summed E-state index contributed by atoms with van der Waals surface area (Å²) in [4.78, 5) is 0. The minimum atomic E-state index is -1.06. The summed E-state index contributed by atoms with van der Waals surface area (Å²) in [6.45, 7) is 12.7. The molecule has 2 rings (SSSR count). The molecule has 0 saturated heterocycles.